The normalized spacial score (nSPS) is 14.0. The first-order valence-corrected chi connectivity index (χ1v) is 18.9. The molecule has 5 heterocycles. The predicted molar refractivity (Wildman–Crippen MR) is 221 cm³/mol. The number of ether oxygens (including phenoxy) is 2. The molecule has 0 saturated carbocycles. The van der Waals surface area contributed by atoms with Crippen molar-refractivity contribution in [1.82, 2.24) is 29.3 Å². The fraction of sp³-hybridized carbons (Fsp3) is 0.170. The van der Waals surface area contributed by atoms with Gasteiger partial charge >= 0.3 is 0 Å². The molecule has 0 atom stereocenters. The standard InChI is InChI=1S/C47H42N6O3/c1-31-15-11-16-32(2)43(31)55-45-39(41-37(23-13-25-49-41)52(45)35-19-7-5-8-20-35)47(29-48-27-28-51(47)30-54)40-42-38(24-14-26-50-42)53(36-21-9-6-10-22-36)46(40)56-44-33(3)17-12-18-34(44)4/h5-26,30,48H,27-29H2,1-4H3. The number of aromatic nitrogens is 4. The Labute approximate surface area is 325 Å². The number of para-hydroxylation sites is 4. The third kappa shape index (κ3) is 5.54. The second-order valence-corrected chi connectivity index (χ2v) is 14.4. The molecular formula is C47H42N6O3. The van der Waals surface area contributed by atoms with Crippen molar-refractivity contribution in [2.75, 3.05) is 19.6 Å². The summed E-state index contributed by atoms with van der Waals surface area (Å²) in [4.78, 5) is 26.0. The van der Waals surface area contributed by atoms with Gasteiger partial charge in [0.25, 0.3) is 0 Å². The molecule has 9 heteroatoms. The van der Waals surface area contributed by atoms with Gasteiger partial charge in [0.1, 0.15) is 17.0 Å². The third-order valence-corrected chi connectivity index (χ3v) is 11.0. The van der Waals surface area contributed by atoms with Crippen LogP contribution in [0.2, 0.25) is 0 Å². The lowest BCUT2D eigenvalue weighted by atomic mass is 9.80. The maximum absolute atomic E-state index is 13.9. The van der Waals surface area contributed by atoms with Gasteiger partial charge < -0.3 is 19.7 Å². The summed E-state index contributed by atoms with van der Waals surface area (Å²) in [6.07, 6.45) is 4.56. The average Bonchev–Trinajstić information content (AvgIpc) is 3.74. The molecule has 1 aliphatic rings. The molecule has 1 aliphatic heterocycles. The topological polar surface area (TPSA) is 86.4 Å². The monoisotopic (exact) mass is 738 g/mol. The van der Waals surface area contributed by atoms with Crippen LogP contribution in [0, 0.1) is 27.7 Å². The lowest BCUT2D eigenvalue weighted by Crippen LogP contribution is -2.59. The van der Waals surface area contributed by atoms with Gasteiger partial charge in [0.15, 0.2) is 0 Å². The average molecular weight is 739 g/mol. The van der Waals surface area contributed by atoms with Crippen LogP contribution in [0.3, 0.4) is 0 Å². The second kappa shape index (κ2) is 14.2. The van der Waals surface area contributed by atoms with Crippen LogP contribution >= 0.6 is 0 Å². The molecule has 0 bridgehead atoms. The minimum atomic E-state index is -1.25. The van der Waals surface area contributed by atoms with Gasteiger partial charge in [0.2, 0.25) is 18.2 Å². The molecule has 56 heavy (non-hydrogen) atoms. The molecule has 0 spiro atoms. The fourth-order valence-corrected chi connectivity index (χ4v) is 8.40. The SMILES string of the molecule is Cc1cccc(C)c1Oc1c(C2(c3c(Oc4c(C)cccc4C)n(-c4ccccc4)c4cccnc34)CNCCN2C=O)c2ncccc2n1-c1ccccc1. The highest BCUT2D eigenvalue weighted by atomic mass is 16.5. The number of fused-ring (bicyclic) bond motifs is 2. The Bertz CT molecular complexity index is 2520. The minimum Gasteiger partial charge on any atom is -0.439 e. The van der Waals surface area contributed by atoms with Crippen LogP contribution < -0.4 is 14.8 Å². The third-order valence-electron chi connectivity index (χ3n) is 11.0. The smallest absolute Gasteiger partial charge is 0.213 e. The molecule has 0 aliphatic carbocycles. The Balaban J connectivity index is 1.48. The van der Waals surface area contributed by atoms with Gasteiger partial charge in [0, 0.05) is 43.4 Å². The van der Waals surface area contributed by atoms with Crippen LogP contribution in [0.15, 0.2) is 134 Å². The van der Waals surface area contributed by atoms with Crippen molar-refractivity contribution in [2.24, 2.45) is 0 Å². The Kier molecular flexibility index (Phi) is 8.86. The van der Waals surface area contributed by atoms with Crippen molar-refractivity contribution in [1.29, 1.82) is 0 Å². The number of piperazine rings is 1. The first kappa shape index (κ1) is 35.0. The number of nitrogens with one attached hydrogen (secondary N) is 1. The summed E-state index contributed by atoms with van der Waals surface area (Å²) in [7, 11) is 0. The maximum Gasteiger partial charge on any atom is 0.213 e. The molecule has 1 amide bonds. The van der Waals surface area contributed by atoms with E-state index in [0.717, 1.165) is 73.7 Å². The number of carbonyl (C=O) groups excluding carboxylic acids is 1. The highest BCUT2D eigenvalue weighted by molar-refractivity contribution is 5.93. The summed E-state index contributed by atoms with van der Waals surface area (Å²) < 4.78 is 18.9. The van der Waals surface area contributed by atoms with Crippen molar-refractivity contribution in [3.8, 4) is 34.6 Å². The van der Waals surface area contributed by atoms with Crippen molar-refractivity contribution >= 4 is 28.5 Å². The highest BCUT2D eigenvalue weighted by Crippen LogP contribution is 2.54. The molecule has 8 aromatic rings. The van der Waals surface area contributed by atoms with Gasteiger partial charge in [-0.1, -0.05) is 72.8 Å². The zero-order chi connectivity index (χ0) is 38.4. The highest BCUT2D eigenvalue weighted by Gasteiger charge is 2.52. The summed E-state index contributed by atoms with van der Waals surface area (Å²) in [5.74, 6) is 2.57. The Morgan fingerprint density at radius 3 is 1.46 bits per heavy atom. The first-order valence-electron chi connectivity index (χ1n) is 18.9. The lowest BCUT2D eigenvalue weighted by Gasteiger charge is -2.46. The van der Waals surface area contributed by atoms with E-state index in [1.54, 1.807) is 12.4 Å². The van der Waals surface area contributed by atoms with Crippen LogP contribution in [-0.4, -0.2) is 50.0 Å². The number of nitrogens with zero attached hydrogens (tertiary/aromatic N) is 5. The van der Waals surface area contributed by atoms with E-state index in [1.807, 2.05) is 65.6 Å². The lowest BCUT2D eigenvalue weighted by molar-refractivity contribution is -0.124. The van der Waals surface area contributed by atoms with Crippen LogP contribution in [-0.2, 0) is 10.3 Å². The molecule has 0 unspecified atom stereocenters. The second-order valence-electron chi connectivity index (χ2n) is 14.4. The molecule has 9 rings (SSSR count). The van der Waals surface area contributed by atoms with Gasteiger partial charge in [-0.05, 0) is 98.5 Å². The van der Waals surface area contributed by atoms with E-state index >= 15 is 0 Å². The summed E-state index contributed by atoms with van der Waals surface area (Å²) in [5, 5.41) is 3.71. The number of rotatable bonds is 9. The van der Waals surface area contributed by atoms with E-state index in [2.05, 4.69) is 103 Å². The van der Waals surface area contributed by atoms with Crippen LogP contribution in [0.4, 0.5) is 0 Å². The van der Waals surface area contributed by atoms with Crippen molar-refractivity contribution in [3.63, 3.8) is 0 Å². The summed E-state index contributed by atoms with van der Waals surface area (Å²) in [6.45, 7) is 9.55. The van der Waals surface area contributed by atoms with E-state index < -0.39 is 5.54 Å². The number of aryl methyl sites for hydroxylation is 4. The first-order chi connectivity index (χ1) is 27.4. The van der Waals surface area contributed by atoms with Crippen LogP contribution in [0.5, 0.6) is 23.3 Å². The van der Waals surface area contributed by atoms with E-state index in [9.17, 15) is 4.79 Å². The molecule has 1 saturated heterocycles. The summed E-state index contributed by atoms with van der Waals surface area (Å²) in [5.41, 5.74) is 8.99. The van der Waals surface area contributed by atoms with Crippen molar-refractivity contribution in [2.45, 2.75) is 33.2 Å². The number of benzene rings is 4. The number of amides is 1. The van der Waals surface area contributed by atoms with Crippen molar-refractivity contribution < 1.29 is 14.3 Å². The number of carbonyl (C=O) groups is 1. The molecular weight excluding hydrogens is 697 g/mol. The molecule has 1 N–H and O–H groups in total. The largest absolute Gasteiger partial charge is 0.439 e. The Morgan fingerprint density at radius 1 is 0.589 bits per heavy atom. The number of pyridine rings is 2. The van der Waals surface area contributed by atoms with Crippen LogP contribution in [0.25, 0.3) is 33.4 Å². The van der Waals surface area contributed by atoms with Crippen molar-refractivity contribution in [3.05, 3.63) is 167 Å². The van der Waals surface area contributed by atoms with Crippen LogP contribution in [0.1, 0.15) is 33.4 Å². The summed E-state index contributed by atoms with van der Waals surface area (Å²) >= 11 is 0. The minimum absolute atomic E-state index is 0.326. The molecule has 4 aromatic carbocycles. The van der Waals surface area contributed by atoms with E-state index in [-0.39, 0.29) is 0 Å². The Hall–Kier alpha value is -6.71. The van der Waals surface area contributed by atoms with E-state index in [1.165, 1.54) is 0 Å². The van der Waals surface area contributed by atoms with E-state index in [0.29, 0.717) is 42.4 Å². The van der Waals surface area contributed by atoms with Gasteiger partial charge in [0.05, 0.1) is 33.2 Å². The number of hydrogen-bond donors (Lipinski definition) is 1. The molecule has 0 radical (unpaired) electrons. The molecule has 9 nitrogen and oxygen atoms in total. The zero-order valence-corrected chi connectivity index (χ0v) is 31.9. The molecule has 4 aromatic heterocycles. The Morgan fingerprint density at radius 2 is 1.04 bits per heavy atom. The van der Waals surface area contributed by atoms with Gasteiger partial charge in [-0.15, -0.1) is 0 Å². The number of hydrogen-bond acceptors (Lipinski definition) is 6. The van der Waals surface area contributed by atoms with Gasteiger partial charge in [-0.25, -0.2) is 0 Å². The zero-order valence-electron chi connectivity index (χ0n) is 31.9. The predicted octanol–water partition coefficient (Wildman–Crippen LogP) is 9.49. The molecule has 1 fully saturated rings. The maximum atomic E-state index is 13.9. The molecule has 278 valence electrons. The quantitative estimate of drug-likeness (QED) is 0.149. The summed E-state index contributed by atoms with van der Waals surface area (Å²) in [6, 6.07) is 40.6. The van der Waals surface area contributed by atoms with Gasteiger partial charge in [-0.3, -0.25) is 23.9 Å². The van der Waals surface area contributed by atoms with Gasteiger partial charge in [-0.2, -0.15) is 0 Å². The fourth-order valence-electron chi connectivity index (χ4n) is 8.40. The van der Waals surface area contributed by atoms with E-state index in [4.69, 9.17) is 19.4 Å².